The van der Waals surface area contributed by atoms with Crippen molar-refractivity contribution in [3.05, 3.63) is 76.2 Å². The number of benzene rings is 2. The van der Waals surface area contributed by atoms with Gasteiger partial charge in [-0.2, -0.15) is 13.2 Å². The molecule has 162 valence electrons. The standard InChI is InChI=1S/C22H19F3N2O3S/c23-22(24,25)17-9-6-15(7-10-17)8-11-19(28)26-12-13-27-20(29)18(31-21(27)30)14-16-4-2-1-3-5-16/h1-7,9-10,14H,8,11-13H2,(H,26,28)/b18-14+. The third-order valence-electron chi connectivity index (χ3n) is 4.55. The van der Waals surface area contributed by atoms with Gasteiger partial charge in [-0.05, 0) is 47.5 Å². The van der Waals surface area contributed by atoms with Crippen molar-refractivity contribution in [1.29, 1.82) is 0 Å². The van der Waals surface area contributed by atoms with Crippen LogP contribution in [0.5, 0.6) is 0 Å². The second-order valence-electron chi connectivity index (χ2n) is 6.79. The van der Waals surface area contributed by atoms with Gasteiger partial charge in [-0.25, -0.2) is 0 Å². The molecule has 1 fully saturated rings. The molecule has 3 amide bonds. The molecule has 0 bridgehead atoms. The van der Waals surface area contributed by atoms with Gasteiger partial charge in [0.05, 0.1) is 10.5 Å². The van der Waals surface area contributed by atoms with E-state index in [9.17, 15) is 27.6 Å². The molecule has 0 spiro atoms. The van der Waals surface area contributed by atoms with Crippen LogP contribution in [0.3, 0.4) is 0 Å². The van der Waals surface area contributed by atoms with E-state index >= 15 is 0 Å². The smallest absolute Gasteiger partial charge is 0.354 e. The first kappa shape index (κ1) is 22.6. The number of aryl methyl sites for hydroxylation is 1. The third kappa shape index (κ3) is 6.21. The lowest BCUT2D eigenvalue weighted by Crippen LogP contribution is -2.37. The number of halogens is 3. The van der Waals surface area contributed by atoms with E-state index in [0.29, 0.717) is 10.5 Å². The van der Waals surface area contributed by atoms with Crippen molar-refractivity contribution < 1.29 is 27.6 Å². The summed E-state index contributed by atoms with van der Waals surface area (Å²) in [6.45, 7) is 0.144. The van der Waals surface area contributed by atoms with Gasteiger partial charge in [0.2, 0.25) is 5.91 Å². The minimum Gasteiger partial charge on any atom is -0.354 e. The van der Waals surface area contributed by atoms with Crippen LogP contribution in [0.25, 0.3) is 6.08 Å². The van der Waals surface area contributed by atoms with Crippen molar-refractivity contribution in [3.8, 4) is 0 Å². The van der Waals surface area contributed by atoms with Crippen LogP contribution in [0.4, 0.5) is 18.0 Å². The van der Waals surface area contributed by atoms with Gasteiger partial charge in [0, 0.05) is 19.5 Å². The predicted octanol–water partition coefficient (Wildman–Crippen LogP) is 4.49. The number of imide groups is 1. The predicted molar refractivity (Wildman–Crippen MR) is 112 cm³/mol. The number of alkyl halides is 3. The summed E-state index contributed by atoms with van der Waals surface area (Å²) in [5.41, 5.74) is 0.684. The second kappa shape index (κ2) is 9.82. The summed E-state index contributed by atoms with van der Waals surface area (Å²) in [5, 5.41) is 2.23. The highest BCUT2D eigenvalue weighted by molar-refractivity contribution is 8.18. The van der Waals surface area contributed by atoms with Crippen molar-refractivity contribution >= 4 is 34.9 Å². The largest absolute Gasteiger partial charge is 0.416 e. The van der Waals surface area contributed by atoms with Crippen molar-refractivity contribution in [3.63, 3.8) is 0 Å². The van der Waals surface area contributed by atoms with E-state index in [2.05, 4.69) is 5.32 Å². The van der Waals surface area contributed by atoms with E-state index < -0.39 is 22.9 Å². The molecular formula is C22H19F3N2O3S. The Balaban J connectivity index is 1.44. The van der Waals surface area contributed by atoms with Gasteiger partial charge >= 0.3 is 6.18 Å². The van der Waals surface area contributed by atoms with E-state index in [1.54, 1.807) is 6.08 Å². The van der Waals surface area contributed by atoms with Gasteiger partial charge in [0.1, 0.15) is 0 Å². The number of carbonyl (C=O) groups excluding carboxylic acids is 3. The van der Waals surface area contributed by atoms with Gasteiger partial charge in [-0.3, -0.25) is 19.3 Å². The Kier molecular flexibility index (Phi) is 7.17. The monoisotopic (exact) mass is 448 g/mol. The van der Waals surface area contributed by atoms with Crippen LogP contribution in [0, 0.1) is 0 Å². The zero-order chi connectivity index (χ0) is 22.4. The molecule has 9 heteroatoms. The maximum atomic E-state index is 12.6. The molecule has 1 N–H and O–H groups in total. The molecule has 0 radical (unpaired) electrons. The molecule has 1 heterocycles. The maximum Gasteiger partial charge on any atom is 0.416 e. The van der Waals surface area contributed by atoms with Crippen LogP contribution in [0.15, 0.2) is 59.5 Å². The van der Waals surface area contributed by atoms with E-state index in [4.69, 9.17) is 0 Å². The summed E-state index contributed by atoms with van der Waals surface area (Å²) in [6.07, 6.45) is -2.38. The highest BCUT2D eigenvalue weighted by Gasteiger charge is 2.34. The highest BCUT2D eigenvalue weighted by Crippen LogP contribution is 2.32. The number of hydrogen-bond acceptors (Lipinski definition) is 4. The summed E-state index contributed by atoms with van der Waals surface area (Å²) in [4.78, 5) is 37.9. The van der Waals surface area contributed by atoms with E-state index in [1.165, 1.54) is 12.1 Å². The van der Waals surface area contributed by atoms with Crippen LogP contribution < -0.4 is 5.32 Å². The van der Waals surface area contributed by atoms with E-state index in [-0.39, 0.29) is 31.8 Å². The molecule has 1 aliphatic rings. The fourth-order valence-electron chi connectivity index (χ4n) is 2.91. The molecule has 1 aliphatic heterocycles. The molecular weight excluding hydrogens is 429 g/mol. The fraction of sp³-hybridized carbons (Fsp3) is 0.227. The molecule has 1 saturated heterocycles. The van der Waals surface area contributed by atoms with Crippen molar-refractivity contribution in [2.75, 3.05) is 13.1 Å². The van der Waals surface area contributed by atoms with Crippen LogP contribution >= 0.6 is 11.8 Å². The lowest BCUT2D eigenvalue weighted by atomic mass is 10.1. The quantitative estimate of drug-likeness (QED) is 0.634. The topological polar surface area (TPSA) is 66.5 Å². The van der Waals surface area contributed by atoms with Crippen molar-refractivity contribution in [2.24, 2.45) is 0 Å². The number of rotatable bonds is 7. The average Bonchev–Trinajstić information content (AvgIpc) is 3.00. The molecule has 0 saturated carbocycles. The third-order valence-corrected chi connectivity index (χ3v) is 5.46. The zero-order valence-corrected chi connectivity index (χ0v) is 17.1. The van der Waals surface area contributed by atoms with Gasteiger partial charge in [0.25, 0.3) is 11.1 Å². The number of thioether (sulfide) groups is 1. The number of carbonyl (C=O) groups is 3. The first-order chi connectivity index (χ1) is 14.7. The van der Waals surface area contributed by atoms with E-state index in [0.717, 1.165) is 34.4 Å². The Labute approximate surface area is 181 Å². The number of nitrogens with zero attached hydrogens (tertiary/aromatic N) is 1. The van der Waals surface area contributed by atoms with Crippen molar-refractivity contribution in [1.82, 2.24) is 10.2 Å². The molecule has 3 rings (SSSR count). The summed E-state index contributed by atoms with van der Waals surface area (Å²) in [7, 11) is 0. The molecule has 0 aromatic heterocycles. The minimum atomic E-state index is -4.39. The molecule has 31 heavy (non-hydrogen) atoms. The van der Waals surface area contributed by atoms with Crippen LogP contribution in [-0.2, 0) is 22.2 Å². The Morgan fingerprint density at radius 3 is 2.35 bits per heavy atom. The maximum absolute atomic E-state index is 12.6. The number of hydrogen-bond donors (Lipinski definition) is 1. The van der Waals surface area contributed by atoms with Crippen LogP contribution in [-0.4, -0.2) is 35.0 Å². The van der Waals surface area contributed by atoms with Crippen LogP contribution in [0.1, 0.15) is 23.1 Å². The Bertz CT molecular complexity index is 989. The average molecular weight is 448 g/mol. The van der Waals surface area contributed by atoms with E-state index in [1.807, 2.05) is 30.3 Å². The van der Waals surface area contributed by atoms with Gasteiger partial charge < -0.3 is 5.32 Å². The summed E-state index contributed by atoms with van der Waals surface area (Å²) >= 11 is 0.852. The van der Waals surface area contributed by atoms with Gasteiger partial charge in [0.15, 0.2) is 0 Å². The number of nitrogens with one attached hydrogen (secondary N) is 1. The highest BCUT2D eigenvalue weighted by atomic mass is 32.2. The first-order valence-corrected chi connectivity index (χ1v) is 10.3. The fourth-order valence-corrected chi connectivity index (χ4v) is 3.77. The normalized spacial score (nSPS) is 15.6. The van der Waals surface area contributed by atoms with Crippen LogP contribution in [0.2, 0.25) is 0 Å². The Morgan fingerprint density at radius 1 is 1.03 bits per heavy atom. The lowest BCUT2D eigenvalue weighted by Gasteiger charge is -2.13. The molecule has 2 aromatic rings. The summed E-state index contributed by atoms with van der Waals surface area (Å²) in [6, 6.07) is 13.8. The zero-order valence-electron chi connectivity index (χ0n) is 16.3. The lowest BCUT2D eigenvalue weighted by molar-refractivity contribution is -0.137. The van der Waals surface area contributed by atoms with Gasteiger partial charge in [-0.15, -0.1) is 0 Å². The minimum absolute atomic E-state index is 0.0445. The molecule has 0 aliphatic carbocycles. The summed E-state index contributed by atoms with van der Waals surface area (Å²) < 4.78 is 37.7. The molecule has 0 atom stereocenters. The van der Waals surface area contributed by atoms with Crippen molar-refractivity contribution in [2.45, 2.75) is 19.0 Å². The molecule has 0 unspecified atom stereocenters. The summed E-state index contributed by atoms with van der Waals surface area (Å²) in [5.74, 6) is -0.718. The second-order valence-corrected chi connectivity index (χ2v) is 7.78. The molecule has 2 aromatic carbocycles. The Morgan fingerprint density at radius 2 is 1.71 bits per heavy atom. The molecule has 5 nitrogen and oxygen atoms in total. The Hall–Kier alpha value is -3.07. The first-order valence-electron chi connectivity index (χ1n) is 9.47. The SMILES string of the molecule is O=C(CCc1ccc(C(F)(F)F)cc1)NCCN1C(=O)S/C(=C/c2ccccc2)C1=O. The van der Waals surface area contributed by atoms with Gasteiger partial charge in [-0.1, -0.05) is 42.5 Å². The number of amides is 3.